The fourth-order valence-electron chi connectivity index (χ4n) is 1.15. The summed E-state index contributed by atoms with van der Waals surface area (Å²) in [6.07, 6.45) is 0. The average molecular weight is 290 g/mol. The van der Waals surface area contributed by atoms with Crippen LogP contribution in [0.4, 0.5) is 17.6 Å². The van der Waals surface area contributed by atoms with E-state index in [1.807, 2.05) is 12.1 Å². The van der Waals surface area contributed by atoms with Crippen LogP contribution in [0.5, 0.6) is 5.75 Å². The summed E-state index contributed by atoms with van der Waals surface area (Å²) in [7, 11) is 0. The molecule has 1 N–H and O–H groups in total. The molecule has 2 rings (SSSR count). The highest BCUT2D eigenvalue weighted by atomic mass is 32.2. The molecule has 102 valence electrons. The standard InChI is InChI=1S/C12H9FOS.CHF3/c13-9-1-5-11(6-2-9)15-12-7-3-10(14)4-8-12;2-1(3)4/h1-8,14H;1H. The molecule has 2 aromatic carbocycles. The molecule has 0 fully saturated rings. The van der Waals surface area contributed by atoms with Crippen molar-refractivity contribution in [3.63, 3.8) is 0 Å². The summed E-state index contributed by atoms with van der Waals surface area (Å²) < 4.78 is 41.6. The minimum absolute atomic E-state index is 0.231. The third-order valence-corrected chi connectivity index (χ3v) is 2.90. The highest BCUT2D eigenvalue weighted by molar-refractivity contribution is 7.99. The summed E-state index contributed by atoms with van der Waals surface area (Å²) >= 11 is 1.53. The van der Waals surface area contributed by atoms with Crippen LogP contribution in [-0.2, 0) is 0 Å². The van der Waals surface area contributed by atoms with Crippen molar-refractivity contribution in [2.24, 2.45) is 0 Å². The Morgan fingerprint density at radius 2 is 1.16 bits per heavy atom. The lowest BCUT2D eigenvalue weighted by Crippen LogP contribution is -1.75. The number of alkyl halides is 3. The second-order valence-corrected chi connectivity index (χ2v) is 4.44. The molecule has 0 amide bonds. The van der Waals surface area contributed by atoms with Gasteiger partial charge in [0, 0.05) is 9.79 Å². The van der Waals surface area contributed by atoms with E-state index >= 15 is 0 Å². The molecule has 0 unspecified atom stereocenters. The topological polar surface area (TPSA) is 20.2 Å². The van der Waals surface area contributed by atoms with Crippen LogP contribution in [-0.4, -0.2) is 11.8 Å². The highest BCUT2D eigenvalue weighted by Crippen LogP contribution is 2.28. The van der Waals surface area contributed by atoms with Gasteiger partial charge in [0.05, 0.1) is 0 Å². The smallest absolute Gasteiger partial charge is 0.379 e. The van der Waals surface area contributed by atoms with Crippen molar-refractivity contribution in [3.05, 3.63) is 54.3 Å². The van der Waals surface area contributed by atoms with Crippen molar-refractivity contribution in [2.45, 2.75) is 16.5 Å². The first-order chi connectivity index (χ1) is 8.97. The molecule has 0 saturated heterocycles. The van der Waals surface area contributed by atoms with Gasteiger partial charge in [0.1, 0.15) is 11.6 Å². The molecule has 0 aromatic heterocycles. The molecule has 19 heavy (non-hydrogen) atoms. The van der Waals surface area contributed by atoms with E-state index in [9.17, 15) is 17.6 Å². The third kappa shape index (κ3) is 6.71. The molecule has 0 aliphatic heterocycles. The van der Waals surface area contributed by atoms with Crippen molar-refractivity contribution >= 4 is 11.8 Å². The Labute approximate surface area is 111 Å². The summed E-state index contributed by atoms with van der Waals surface area (Å²) in [6.45, 7) is -3.67. The van der Waals surface area contributed by atoms with Gasteiger partial charge >= 0.3 is 6.68 Å². The lowest BCUT2D eigenvalue weighted by Gasteiger charge is -2.01. The summed E-state index contributed by atoms with van der Waals surface area (Å²) in [5.41, 5.74) is 0. The molecule has 0 radical (unpaired) electrons. The molecular weight excluding hydrogens is 280 g/mol. The predicted octanol–water partition coefficient (Wildman–Crippen LogP) is 4.86. The largest absolute Gasteiger partial charge is 0.508 e. The minimum Gasteiger partial charge on any atom is -0.508 e. The Kier molecular flexibility index (Phi) is 6.21. The zero-order valence-corrected chi connectivity index (χ0v) is 10.4. The van der Waals surface area contributed by atoms with E-state index in [1.54, 1.807) is 24.3 Å². The first kappa shape index (κ1) is 15.4. The average Bonchev–Trinajstić information content (AvgIpc) is 2.34. The molecule has 0 aliphatic rings. The second-order valence-electron chi connectivity index (χ2n) is 3.30. The first-order valence-electron chi connectivity index (χ1n) is 5.12. The quantitative estimate of drug-likeness (QED) is 0.797. The van der Waals surface area contributed by atoms with Gasteiger partial charge in [-0.15, -0.1) is 0 Å². The van der Waals surface area contributed by atoms with Crippen LogP contribution >= 0.6 is 11.8 Å². The van der Waals surface area contributed by atoms with Crippen molar-refractivity contribution in [1.29, 1.82) is 0 Å². The van der Waals surface area contributed by atoms with Gasteiger partial charge in [-0.3, -0.25) is 0 Å². The van der Waals surface area contributed by atoms with Crippen molar-refractivity contribution in [3.8, 4) is 5.75 Å². The molecule has 1 nitrogen and oxygen atoms in total. The zero-order chi connectivity index (χ0) is 14.3. The van der Waals surface area contributed by atoms with Crippen LogP contribution in [0, 0.1) is 5.82 Å². The maximum Gasteiger partial charge on any atom is 0.379 e. The maximum absolute atomic E-state index is 12.6. The SMILES string of the molecule is FC(F)F.Oc1ccc(Sc2ccc(F)cc2)cc1. The monoisotopic (exact) mass is 290 g/mol. The summed E-state index contributed by atoms with van der Waals surface area (Å²) in [5, 5.41) is 9.10. The Morgan fingerprint density at radius 1 is 0.789 bits per heavy atom. The molecule has 0 aliphatic carbocycles. The van der Waals surface area contributed by atoms with Crippen molar-refractivity contribution in [1.82, 2.24) is 0 Å². The molecule has 0 bridgehead atoms. The number of rotatable bonds is 2. The highest BCUT2D eigenvalue weighted by Gasteiger charge is 1.97. The second kappa shape index (κ2) is 7.68. The molecule has 0 saturated carbocycles. The summed E-state index contributed by atoms with van der Waals surface area (Å²) in [4.78, 5) is 1.99. The fourth-order valence-corrected chi connectivity index (χ4v) is 1.97. The van der Waals surface area contributed by atoms with E-state index in [4.69, 9.17) is 5.11 Å². The molecule has 0 atom stereocenters. The van der Waals surface area contributed by atoms with Gasteiger partial charge in [0.2, 0.25) is 0 Å². The fraction of sp³-hybridized carbons (Fsp3) is 0.0769. The Balaban J connectivity index is 0.000000399. The number of aromatic hydroxyl groups is 1. The molecular formula is C13H10F4OS. The van der Waals surface area contributed by atoms with Crippen LogP contribution in [0.3, 0.4) is 0 Å². The molecule has 0 heterocycles. The van der Waals surface area contributed by atoms with Gasteiger partial charge in [-0.25, -0.2) is 4.39 Å². The zero-order valence-electron chi connectivity index (χ0n) is 9.56. The van der Waals surface area contributed by atoms with Crippen molar-refractivity contribution in [2.75, 3.05) is 0 Å². The number of hydrogen-bond donors (Lipinski definition) is 1. The maximum atomic E-state index is 12.6. The Hall–Kier alpha value is -1.69. The first-order valence-corrected chi connectivity index (χ1v) is 5.93. The summed E-state index contributed by atoms with van der Waals surface area (Å²) in [6, 6.07) is 13.2. The Morgan fingerprint density at radius 3 is 1.58 bits per heavy atom. The van der Waals surface area contributed by atoms with Crippen LogP contribution in [0.15, 0.2) is 58.3 Å². The number of phenols is 1. The normalized spacial score (nSPS) is 9.95. The molecule has 2 aromatic rings. The van der Waals surface area contributed by atoms with E-state index in [-0.39, 0.29) is 11.6 Å². The lowest BCUT2D eigenvalue weighted by molar-refractivity contribution is 0.00819. The van der Waals surface area contributed by atoms with Crippen molar-refractivity contribution < 1.29 is 22.7 Å². The van der Waals surface area contributed by atoms with E-state index in [0.717, 1.165) is 9.79 Å². The van der Waals surface area contributed by atoms with Gasteiger partial charge in [0.15, 0.2) is 0 Å². The van der Waals surface area contributed by atoms with Crippen LogP contribution in [0.2, 0.25) is 0 Å². The van der Waals surface area contributed by atoms with Gasteiger partial charge in [-0.2, -0.15) is 13.2 Å². The van der Waals surface area contributed by atoms with Crippen LogP contribution < -0.4 is 0 Å². The van der Waals surface area contributed by atoms with Gasteiger partial charge in [-0.05, 0) is 48.5 Å². The van der Waals surface area contributed by atoms with E-state index in [0.29, 0.717) is 0 Å². The third-order valence-electron chi connectivity index (χ3n) is 1.89. The number of benzene rings is 2. The Bertz CT molecular complexity index is 439. The van der Waals surface area contributed by atoms with Gasteiger partial charge < -0.3 is 5.11 Å². The van der Waals surface area contributed by atoms with Gasteiger partial charge in [-0.1, -0.05) is 11.8 Å². The lowest BCUT2D eigenvalue weighted by atomic mass is 10.3. The van der Waals surface area contributed by atoms with Gasteiger partial charge in [0.25, 0.3) is 0 Å². The number of phenolic OH excluding ortho intramolecular Hbond substituents is 1. The summed E-state index contributed by atoms with van der Waals surface area (Å²) in [5.74, 6) is 0.0171. The molecule has 0 spiro atoms. The van der Waals surface area contributed by atoms with Crippen LogP contribution in [0.1, 0.15) is 0 Å². The van der Waals surface area contributed by atoms with E-state index in [1.165, 1.54) is 23.9 Å². The molecule has 6 heteroatoms. The van der Waals surface area contributed by atoms with Crippen LogP contribution in [0.25, 0.3) is 0 Å². The van der Waals surface area contributed by atoms with E-state index < -0.39 is 6.68 Å². The predicted molar refractivity (Wildman–Crippen MR) is 65.7 cm³/mol. The number of halogens is 4. The minimum atomic E-state index is -3.67. The van der Waals surface area contributed by atoms with E-state index in [2.05, 4.69) is 0 Å². The number of hydrogen-bond acceptors (Lipinski definition) is 2.